The van der Waals surface area contributed by atoms with Crippen molar-refractivity contribution in [1.82, 2.24) is 9.80 Å². The maximum atomic E-state index is 11.9. The first-order chi connectivity index (χ1) is 14.1. The van der Waals surface area contributed by atoms with E-state index in [0.29, 0.717) is 17.7 Å². The van der Waals surface area contributed by atoms with Crippen molar-refractivity contribution in [3.63, 3.8) is 0 Å². The van der Waals surface area contributed by atoms with Gasteiger partial charge in [-0.1, -0.05) is 0 Å². The summed E-state index contributed by atoms with van der Waals surface area (Å²) in [4.78, 5) is 28.2. The standard InChI is InChI=1S/C18H26N2O2S.C2HF3O2/c1-13-4-5-15(23-13)9-19-8-6-14-12-22-17(16(14)10-19)11-20-7-2-3-18(20)21;3-2(4,5)1(6)7/h4-5,14,16-17H,2-3,6-12H2,1H3;(H,6,7)/t14-,16-,17+;/m0./s1. The highest BCUT2D eigenvalue weighted by atomic mass is 32.1. The average Bonchev–Trinajstić information content (AvgIpc) is 3.37. The third kappa shape index (κ3) is 5.95. The van der Waals surface area contributed by atoms with Gasteiger partial charge >= 0.3 is 12.1 Å². The summed E-state index contributed by atoms with van der Waals surface area (Å²) in [7, 11) is 0. The van der Waals surface area contributed by atoms with Crippen molar-refractivity contribution in [2.24, 2.45) is 11.8 Å². The third-order valence-electron chi connectivity index (χ3n) is 5.88. The van der Waals surface area contributed by atoms with Crippen LogP contribution in [0.3, 0.4) is 0 Å². The number of alkyl halides is 3. The quantitative estimate of drug-likeness (QED) is 0.767. The number of hydrogen-bond acceptors (Lipinski definition) is 5. The molecule has 4 rings (SSSR count). The fourth-order valence-corrected chi connectivity index (χ4v) is 5.27. The highest BCUT2D eigenvalue weighted by Crippen LogP contribution is 2.36. The molecule has 1 aromatic heterocycles. The monoisotopic (exact) mass is 448 g/mol. The Kier molecular flexibility index (Phi) is 7.41. The van der Waals surface area contributed by atoms with E-state index in [-0.39, 0.29) is 6.10 Å². The smallest absolute Gasteiger partial charge is 0.475 e. The zero-order chi connectivity index (χ0) is 21.9. The maximum absolute atomic E-state index is 11.9. The van der Waals surface area contributed by atoms with Gasteiger partial charge in [0.05, 0.1) is 12.7 Å². The maximum Gasteiger partial charge on any atom is 0.490 e. The number of carboxylic acids is 1. The molecule has 3 aliphatic rings. The van der Waals surface area contributed by atoms with E-state index >= 15 is 0 Å². The van der Waals surface area contributed by atoms with Crippen LogP contribution in [0, 0.1) is 18.8 Å². The van der Waals surface area contributed by atoms with E-state index in [1.54, 1.807) is 0 Å². The summed E-state index contributed by atoms with van der Waals surface area (Å²) in [5.74, 6) is -1.15. The molecule has 0 aliphatic carbocycles. The molecule has 0 radical (unpaired) electrons. The highest BCUT2D eigenvalue weighted by molar-refractivity contribution is 7.11. The summed E-state index contributed by atoms with van der Waals surface area (Å²) >= 11 is 1.91. The topological polar surface area (TPSA) is 70.1 Å². The fourth-order valence-electron chi connectivity index (χ4n) is 4.34. The van der Waals surface area contributed by atoms with E-state index in [4.69, 9.17) is 14.6 Å². The Morgan fingerprint density at radius 1 is 1.33 bits per heavy atom. The molecule has 1 amide bonds. The number of aliphatic carboxylic acids is 1. The van der Waals surface area contributed by atoms with Crippen LogP contribution in [0.4, 0.5) is 13.2 Å². The van der Waals surface area contributed by atoms with Gasteiger partial charge in [0.15, 0.2) is 0 Å². The van der Waals surface area contributed by atoms with E-state index in [2.05, 4.69) is 24.0 Å². The van der Waals surface area contributed by atoms with Crippen LogP contribution in [-0.4, -0.2) is 71.8 Å². The summed E-state index contributed by atoms with van der Waals surface area (Å²) in [6.07, 6.45) is -1.86. The molecule has 3 fully saturated rings. The van der Waals surface area contributed by atoms with Gasteiger partial charge in [0.25, 0.3) is 0 Å². The molecule has 3 aliphatic heterocycles. The van der Waals surface area contributed by atoms with Gasteiger partial charge in [0.1, 0.15) is 0 Å². The Morgan fingerprint density at radius 2 is 2.07 bits per heavy atom. The molecular weight excluding hydrogens is 421 g/mol. The van der Waals surface area contributed by atoms with Crippen molar-refractivity contribution >= 4 is 23.2 Å². The fraction of sp³-hybridized carbons (Fsp3) is 0.700. The van der Waals surface area contributed by atoms with Crippen molar-refractivity contribution in [3.8, 4) is 0 Å². The third-order valence-corrected chi connectivity index (χ3v) is 6.87. The number of nitrogens with zero attached hydrogens (tertiary/aromatic N) is 2. The molecule has 0 bridgehead atoms. The normalized spacial score (nSPS) is 27.0. The lowest BCUT2D eigenvalue weighted by atomic mass is 9.84. The second kappa shape index (κ2) is 9.65. The second-order valence-electron chi connectivity index (χ2n) is 8.08. The molecule has 3 saturated heterocycles. The predicted octanol–water partition coefficient (Wildman–Crippen LogP) is 3.15. The summed E-state index contributed by atoms with van der Waals surface area (Å²) in [6, 6.07) is 4.48. The van der Waals surface area contributed by atoms with Gasteiger partial charge < -0.3 is 14.7 Å². The zero-order valence-electron chi connectivity index (χ0n) is 16.9. The lowest BCUT2D eigenvalue weighted by molar-refractivity contribution is -0.192. The number of piperidine rings is 1. The van der Waals surface area contributed by atoms with Crippen molar-refractivity contribution < 1.29 is 32.6 Å². The van der Waals surface area contributed by atoms with Crippen LogP contribution in [0.5, 0.6) is 0 Å². The molecule has 10 heteroatoms. The molecule has 1 aromatic rings. The van der Waals surface area contributed by atoms with Gasteiger partial charge in [-0.2, -0.15) is 13.2 Å². The number of thiophene rings is 1. The number of fused-ring (bicyclic) bond motifs is 1. The minimum absolute atomic E-state index is 0.245. The number of hydrogen-bond donors (Lipinski definition) is 1. The van der Waals surface area contributed by atoms with Crippen LogP contribution in [-0.2, 0) is 20.9 Å². The lowest BCUT2D eigenvalue weighted by Gasteiger charge is -2.36. The first kappa shape index (κ1) is 23.0. The second-order valence-corrected chi connectivity index (χ2v) is 9.45. The highest BCUT2D eigenvalue weighted by Gasteiger charge is 2.42. The lowest BCUT2D eigenvalue weighted by Crippen LogP contribution is -2.45. The van der Waals surface area contributed by atoms with E-state index in [1.165, 1.54) is 22.7 Å². The molecule has 168 valence electrons. The number of ether oxygens (including phenoxy) is 1. The van der Waals surface area contributed by atoms with Gasteiger partial charge in [0, 0.05) is 48.3 Å². The number of halogens is 3. The number of carboxylic acid groups (broad SMARTS) is 1. The van der Waals surface area contributed by atoms with Crippen LogP contribution in [0.1, 0.15) is 29.0 Å². The number of likely N-dealkylation sites (tertiary alicyclic amines) is 2. The van der Waals surface area contributed by atoms with Crippen molar-refractivity contribution in [1.29, 1.82) is 0 Å². The van der Waals surface area contributed by atoms with Crippen LogP contribution in [0.25, 0.3) is 0 Å². The first-order valence-electron chi connectivity index (χ1n) is 10.1. The van der Waals surface area contributed by atoms with Crippen molar-refractivity contribution in [2.45, 2.75) is 45.0 Å². The molecule has 0 unspecified atom stereocenters. The molecule has 0 saturated carbocycles. The van der Waals surface area contributed by atoms with Crippen LogP contribution < -0.4 is 0 Å². The van der Waals surface area contributed by atoms with Crippen LogP contribution in [0.2, 0.25) is 0 Å². The Bertz CT molecular complexity index is 755. The van der Waals surface area contributed by atoms with Gasteiger partial charge in [-0.25, -0.2) is 4.79 Å². The first-order valence-corrected chi connectivity index (χ1v) is 10.9. The summed E-state index contributed by atoms with van der Waals surface area (Å²) in [5, 5.41) is 7.12. The van der Waals surface area contributed by atoms with Gasteiger partial charge in [-0.15, -0.1) is 11.3 Å². The van der Waals surface area contributed by atoms with Crippen molar-refractivity contribution in [3.05, 3.63) is 21.9 Å². The number of amides is 1. The summed E-state index contributed by atoms with van der Waals surface area (Å²) < 4.78 is 37.8. The average molecular weight is 449 g/mol. The number of aryl methyl sites for hydroxylation is 1. The molecule has 1 N–H and O–H groups in total. The summed E-state index contributed by atoms with van der Waals surface area (Å²) in [6.45, 7) is 8.17. The van der Waals surface area contributed by atoms with Gasteiger partial charge in [-0.05, 0) is 44.4 Å². The zero-order valence-corrected chi connectivity index (χ0v) is 17.7. The van der Waals surface area contributed by atoms with Gasteiger partial charge in [-0.3, -0.25) is 9.69 Å². The molecule has 4 heterocycles. The van der Waals surface area contributed by atoms with E-state index in [1.807, 2.05) is 16.2 Å². The largest absolute Gasteiger partial charge is 0.490 e. The Labute approximate surface area is 177 Å². The van der Waals surface area contributed by atoms with E-state index in [0.717, 1.165) is 45.6 Å². The Hall–Kier alpha value is -1.65. The molecule has 3 atom stereocenters. The molecular formula is C20H27F3N2O4S. The Balaban J connectivity index is 0.000000318. The molecule has 6 nitrogen and oxygen atoms in total. The number of carbonyl (C=O) groups is 2. The predicted molar refractivity (Wildman–Crippen MR) is 105 cm³/mol. The number of rotatable bonds is 4. The minimum atomic E-state index is -5.08. The molecule has 0 spiro atoms. The summed E-state index contributed by atoms with van der Waals surface area (Å²) in [5.41, 5.74) is 0. The van der Waals surface area contributed by atoms with Crippen molar-refractivity contribution in [2.75, 3.05) is 32.8 Å². The van der Waals surface area contributed by atoms with Crippen LogP contribution in [0.15, 0.2) is 12.1 Å². The van der Waals surface area contributed by atoms with Crippen LogP contribution >= 0.6 is 11.3 Å². The molecule has 0 aromatic carbocycles. The van der Waals surface area contributed by atoms with Gasteiger partial charge in [0.2, 0.25) is 5.91 Å². The van der Waals surface area contributed by atoms with E-state index < -0.39 is 12.1 Å². The minimum Gasteiger partial charge on any atom is -0.475 e. The SMILES string of the molecule is Cc1ccc(CN2CC[C@H]3CO[C@H](CN4CCCC4=O)[C@H]3C2)s1.O=C(O)C(F)(F)F. The number of carbonyl (C=O) groups excluding carboxylic acids is 1. The van der Waals surface area contributed by atoms with E-state index in [9.17, 15) is 18.0 Å². The molecule has 30 heavy (non-hydrogen) atoms. The Morgan fingerprint density at radius 3 is 2.63 bits per heavy atom.